The minimum Gasteiger partial charge on any atom is -0.497 e. The van der Waals surface area contributed by atoms with Gasteiger partial charge >= 0.3 is 5.97 Å². The fraction of sp³-hybridized carbons (Fsp3) is 0.143. The van der Waals surface area contributed by atoms with Crippen molar-refractivity contribution >= 4 is 62.8 Å². The highest BCUT2D eigenvalue weighted by molar-refractivity contribution is 9.10. The zero-order valence-electron chi connectivity index (χ0n) is 16.7. The fourth-order valence-corrected chi connectivity index (χ4v) is 3.68. The van der Waals surface area contributed by atoms with E-state index in [1.54, 1.807) is 36.4 Å². The van der Waals surface area contributed by atoms with E-state index in [4.69, 9.17) is 26.4 Å². The van der Waals surface area contributed by atoms with Crippen LogP contribution in [0, 0.1) is 0 Å². The Morgan fingerprint density at radius 2 is 1.81 bits per heavy atom. The average Bonchev–Trinajstić information content (AvgIpc) is 2.72. The molecule has 1 aliphatic heterocycles. The number of esters is 1. The number of hydrogen-bond acceptors (Lipinski definition) is 7. The molecule has 2 amide bonds. The highest BCUT2D eigenvalue weighted by atomic mass is 79.9. The van der Waals surface area contributed by atoms with E-state index in [9.17, 15) is 14.4 Å². The molecular formula is C21H17BrN2O6S. The molecule has 8 nitrogen and oxygen atoms in total. The summed E-state index contributed by atoms with van der Waals surface area (Å²) in [5.74, 6) is -0.670. The van der Waals surface area contributed by atoms with Crippen LogP contribution in [0.25, 0.3) is 6.08 Å². The van der Waals surface area contributed by atoms with E-state index in [1.165, 1.54) is 32.1 Å². The SMILES string of the molecule is COc1ccc(N2C(=O)/C(=C\c3cc(Br)c(OC(C)=O)c(OC)c3)C(=O)NC2=S)cc1. The molecule has 1 N–H and O–H groups in total. The van der Waals surface area contributed by atoms with Gasteiger partial charge in [-0.15, -0.1) is 0 Å². The van der Waals surface area contributed by atoms with E-state index in [-0.39, 0.29) is 22.2 Å². The second-order valence-electron chi connectivity index (χ2n) is 6.28. The maximum absolute atomic E-state index is 13.1. The number of ether oxygens (including phenoxy) is 3. The summed E-state index contributed by atoms with van der Waals surface area (Å²) in [6, 6.07) is 9.82. The lowest BCUT2D eigenvalue weighted by Gasteiger charge is -2.29. The molecule has 2 aromatic rings. The van der Waals surface area contributed by atoms with Crippen molar-refractivity contribution in [3.63, 3.8) is 0 Å². The van der Waals surface area contributed by atoms with Crippen LogP contribution in [0.3, 0.4) is 0 Å². The van der Waals surface area contributed by atoms with Gasteiger partial charge in [0.25, 0.3) is 11.8 Å². The third kappa shape index (κ3) is 4.75. The van der Waals surface area contributed by atoms with E-state index in [1.807, 2.05) is 0 Å². The molecule has 1 saturated heterocycles. The molecule has 0 bridgehead atoms. The van der Waals surface area contributed by atoms with Crippen LogP contribution in [-0.2, 0) is 14.4 Å². The number of benzene rings is 2. The van der Waals surface area contributed by atoms with Crippen LogP contribution in [0.1, 0.15) is 12.5 Å². The number of methoxy groups -OCH3 is 2. The van der Waals surface area contributed by atoms with Crippen LogP contribution in [-0.4, -0.2) is 37.1 Å². The summed E-state index contributed by atoms with van der Waals surface area (Å²) in [5, 5.41) is 2.50. The van der Waals surface area contributed by atoms with Gasteiger partial charge in [0.05, 0.1) is 24.4 Å². The van der Waals surface area contributed by atoms with Gasteiger partial charge in [0.1, 0.15) is 11.3 Å². The van der Waals surface area contributed by atoms with Crippen molar-refractivity contribution < 1.29 is 28.6 Å². The molecule has 1 fully saturated rings. The Bertz CT molecular complexity index is 1110. The molecule has 0 atom stereocenters. The number of nitrogens with one attached hydrogen (secondary N) is 1. The predicted octanol–water partition coefficient (Wildman–Crippen LogP) is 3.22. The van der Waals surface area contributed by atoms with Crippen LogP contribution in [0.5, 0.6) is 17.2 Å². The smallest absolute Gasteiger partial charge is 0.308 e. The lowest BCUT2D eigenvalue weighted by Crippen LogP contribution is -2.54. The average molecular weight is 505 g/mol. The van der Waals surface area contributed by atoms with E-state index >= 15 is 0 Å². The number of thiocarbonyl (C=S) groups is 1. The Morgan fingerprint density at radius 3 is 2.39 bits per heavy atom. The first-order valence-electron chi connectivity index (χ1n) is 8.86. The Kier molecular flexibility index (Phi) is 6.71. The Labute approximate surface area is 191 Å². The first-order valence-corrected chi connectivity index (χ1v) is 10.1. The van der Waals surface area contributed by atoms with E-state index in [2.05, 4.69) is 21.2 Å². The number of nitrogens with zero attached hydrogens (tertiary/aromatic N) is 1. The summed E-state index contributed by atoms with van der Waals surface area (Å²) in [7, 11) is 2.94. The van der Waals surface area contributed by atoms with E-state index < -0.39 is 17.8 Å². The third-order valence-electron chi connectivity index (χ3n) is 4.24. The normalized spacial score (nSPS) is 15.0. The minimum atomic E-state index is -0.626. The summed E-state index contributed by atoms with van der Waals surface area (Å²) in [6.07, 6.45) is 1.40. The quantitative estimate of drug-likeness (QED) is 0.219. The molecule has 160 valence electrons. The van der Waals surface area contributed by atoms with Crippen molar-refractivity contribution in [1.29, 1.82) is 0 Å². The zero-order chi connectivity index (χ0) is 22.7. The number of carbonyl (C=O) groups is 3. The number of hydrogen-bond donors (Lipinski definition) is 1. The monoisotopic (exact) mass is 504 g/mol. The molecule has 2 aromatic carbocycles. The summed E-state index contributed by atoms with van der Waals surface area (Å²) >= 11 is 8.52. The van der Waals surface area contributed by atoms with Gasteiger partial charge in [-0.2, -0.15) is 0 Å². The third-order valence-corrected chi connectivity index (χ3v) is 5.11. The highest BCUT2D eigenvalue weighted by Crippen LogP contribution is 2.37. The summed E-state index contributed by atoms with van der Waals surface area (Å²) in [4.78, 5) is 38.2. The van der Waals surface area contributed by atoms with Crippen molar-refractivity contribution in [3.8, 4) is 17.2 Å². The molecule has 10 heteroatoms. The van der Waals surface area contributed by atoms with E-state index in [0.29, 0.717) is 21.5 Å². The van der Waals surface area contributed by atoms with Crippen molar-refractivity contribution in [2.24, 2.45) is 0 Å². The summed E-state index contributed by atoms with van der Waals surface area (Å²) < 4.78 is 16.0. The standard InChI is InChI=1S/C21H17BrN2O6S/c1-11(25)30-18-16(22)9-12(10-17(18)29-3)8-15-19(26)23-21(31)24(20(15)27)13-4-6-14(28-2)7-5-13/h4-10H,1-3H3,(H,23,26,31)/b15-8-. The maximum atomic E-state index is 13.1. The number of halogens is 1. The van der Waals surface area contributed by atoms with E-state index in [0.717, 1.165) is 0 Å². The Morgan fingerprint density at radius 1 is 1.13 bits per heavy atom. The molecule has 0 aromatic heterocycles. The van der Waals surface area contributed by atoms with Gasteiger partial charge in [-0.05, 0) is 76.2 Å². The molecule has 0 aliphatic carbocycles. The second kappa shape index (κ2) is 9.27. The molecule has 31 heavy (non-hydrogen) atoms. The first-order chi connectivity index (χ1) is 14.7. The minimum absolute atomic E-state index is 0.0266. The molecular weight excluding hydrogens is 488 g/mol. The van der Waals surface area contributed by atoms with Gasteiger partial charge in [0.15, 0.2) is 16.6 Å². The number of carbonyl (C=O) groups excluding carboxylic acids is 3. The Hall–Kier alpha value is -3.24. The Balaban J connectivity index is 2.01. The van der Waals surface area contributed by atoms with Crippen molar-refractivity contribution in [3.05, 3.63) is 52.0 Å². The number of rotatable bonds is 5. The maximum Gasteiger partial charge on any atom is 0.308 e. The van der Waals surface area contributed by atoms with Gasteiger partial charge in [-0.1, -0.05) is 0 Å². The number of anilines is 1. The van der Waals surface area contributed by atoms with Gasteiger partial charge in [-0.3, -0.25) is 24.6 Å². The van der Waals surface area contributed by atoms with Gasteiger partial charge < -0.3 is 14.2 Å². The van der Waals surface area contributed by atoms with Crippen molar-refractivity contribution in [1.82, 2.24) is 5.32 Å². The topological polar surface area (TPSA) is 94.2 Å². The van der Waals surface area contributed by atoms with Crippen LogP contribution in [0.4, 0.5) is 5.69 Å². The number of amides is 2. The lowest BCUT2D eigenvalue weighted by atomic mass is 10.1. The molecule has 3 rings (SSSR count). The zero-order valence-corrected chi connectivity index (χ0v) is 19.1. The molecule has 0 saturated carbocycles. The second-order valence-corrected chi connectivity index (χ2v) is 7.52. The summed E-state index contributed by atoms with van der Waals surface area (Å²) in [6.45, 7) is 1.27. The predicted molar refractivity (Wildman–Crippen MR) is 121 cm³/mol. The largest absolute Gasteiger partial charge is 0.497 e. The van der Waals surface area contributed by atoms with Gasteiger partial charge in [0, 0.05) is 6.92 Å². The summed E-state index contributed by atoms with van der Waals surface area (Å²) in [5.41, 5.74) is 0.824. The van der Waals surface area contributed by atoms with Gasteiger partial charge in [0.2, 0.25) is 0 Å². The molecule has 1 aliphatic rings. The highest BCUT2D eigenvalue weighted by Gasteiger charge is 2.34. The van der Waals surface area contributed by atoms with Crippen LogP contribution < -0.4 is 24.4 Å². The lowest BCUT2D eigenvalue weighted by molar-refractivity contribution is -0.132. The van der Waals surface area contributed by atoms with Crippen LogP contribution >= 0.6 is 28.1 Å². The molecule has 1 heterocycles. The van der Waals surface area contributed by atoms with Crippen LogP contribution in [0.2, 0.25) is 0 Å². The molecule has 0 spiro atoms. The fourth-order valence-electron chi connectivity index (χ4n) is 2.86. The molecule has 0 unspecified atom stereocenters. The first kappa shape index (κ1) is 22.4. The van der Waals surface area contributed by atoms with Crippen molar-refractivity contribution in [2.45, 2.75) is 6.92 Å². The van der Waals surface area contributed by atoms with Crippen LogP contribution in [0.15, 0.2) is 46.4 Å². The molecule has 0 radical (unpaired) electrons. The van der Waals surface area contributed by atoms with Crippen molar-refractivity contribution in [2.75, 3.05) is 19.1 Å². The van der Waals surface area contributed by atoms with Gasteiger partial charge in [-0.25, -0.2) is 0 Å².